The molecule has 0 bridgehead atoms. The molecule has 0 aliphatic carbocycles. The van der Waals surface area contributed by atoms with Gasteiger partial charge >= 0.3 is 0 Å². The molecule has 1 aromatic heterocycles. The number of aromatic nitrogens is 2. The molecule has 2 unspecified atom stereocenters. The standard InChI is InChI=1S/C13H20N4O2/c1-9-2-3-13(16-15-9)17-5-10(6-17)4-14-11-7-19-8-12(11)18/h2-3,10-12,14,18H,4-8H2,1H3. The van der Waals surface area contributed by atoms with E-state index in [2.05, 4.69) is 20.4 Å². The maximum Gasteiger partial charge on any atom is 0.151 e. The van der Waals surface area contributed by atoms with Gasteiger partial charge in [0.15, 0.2) is 5.82 Å². The Labute approximate surface area is 112 Å². The van der Waals surface area contributed by atoms with Crippen molar-refractivity contribution in [2.75, 3.05) is 37.7 Å². The molecule has 2 fully saturated rings. The third-order valence-corrected chi connectivity index (χ3v) is 3.78. The number of aliphatic hydroxyl groups is 1. The minimum absolute atomic E-state index is 0.0909. The molecule has 0 radical (unpaired) electrons. The normalized spacial score (nSPS) is 27.6. The topological polar surface area (TPSA) is 70.5 Å². The van der Waals surface area contributed by atoms with Gasteiger partial charge in [-0.3, -0.25) is 0 Å². The number of nitrogens with zero attached hydrogens (tertiary/aromatic N) is 3. The van der Waals surface area contributed by atoms with Crippen molar-refractivity contribution in [3.8, 4) is 0 Å². The molecule has 3 heterocycles. The maximum absolute atomic E-state index is 9.63. The van der Waals surface area contributed by atoms with Crippen LogP contribution in [0.1, 0.15) is 5.69 Å². The fourth-order valence-electron chi connectivity index (χ4n) is 2.50. The van der Waals surface area contributed by atoms with E-state index in [1.54, 1.807) is 0 Å². The van der Waals surface area contributed by atoms with Crippen LogP contribution in [0.5, 0.6) is 0 Å². The highest BCUT2D eigenvalue weighted by molar-refractivity contribution is 5.40. The van der Waals surface area contributed by atoms with E-state index < -0.39 is 0 Å². The van der Waals surface area contributed by atoms with E-state index in [0.29, 0.717) is 19.1 Å². The summed E-state index contributed by atoms with van der Waals surface area (Å²) < 4.78 is 5.21. The van der Waals surface area contributed by atoms with Gasteiger partial charge < -0.3 is 20.1 Å². The summed E-state index contributed by atoms with van der Waals surface area (Å²) in [7, 11) is 0. The molecule has 0 saturated carbocycles. The first-order valence-corrected chi connectivity index (χ1v) is 6.77. The monoisotopic (exact) mass is 264 g/mol. The molecule has 2 atom stereocenters. The quantitative estimate of drug-likeness (QED) is 0.769. The highest BCUT2D eigenvalue weighted by atomic mass is 16.5. The third-order valence-electron chi connectivity index (χ3n) is 3.78. The first kappa shape index (κ1) is 12.8. The van der Waals surface area contributed by atoms with E-state index in [1.807, 2.05) is 19.1 Å². The Balaban J connectivity index is 1.41. The molecule has 3 rings (SSSR count). The van der Waals surface area contributed by atoms with Gasteiger partial charge in [-0.05, 0) is 19.1 Å². The average molecular weight is 264 g/mol. The summed E-state index contributed by atoms with van der Waals surface area (Å²) in [5, 5.41) is 21.3. The Morgan fingerprint density at radius 1 is 1.37 bits per heavy atom. The molecular weight excluding hydrogens is 244 g/mol. The van der Waals surface area contributed by atoms with Gasteiger partial charge in [0.25, 0.3) is 0 Å². The van der Waals surface area contributed by atoms with Crippen molar-refractivity contribution in [2.45, 2.75) is 19.1 Å². The second kappa shape index (κ2) is 5.40. The van der Waals surface area contributed by atoms with Crippen molar-refractivity contribution in [1.82, 2.24) is 15.5 Å². The van der Waals surface area contributed by atoms with Gasteiger partial charge in [-0.1, -0.05) is 0 Å². The van der Waals surface area contributed by atoms with Crippen LogP contribution in [0.2, 0.25) is 0 Å². The predicted molar refractivity (Wildman–Crippen MR) is 71.1 cm³/mol. The smallest absolute Gasteiger partial charge is 0.151 e. The lowest BCUT2D eigenvalue weighted by Crippen LogP contribution is -2.53. The molecule has 104 valence electrons. The van der Waals surface area contributed by atoms with Crippen molar-refractivity contribution in [2.24, 2.45) is 5.92 Å². The zero-order valence-corrected chi connectivity index (χ0v) is 11.1. The first-order valence-electron chi connectivity index (χ1n) is 6.77. The molecular formula is C13H20N4O2. The Hall–Kier alpha value is -1.24. The molecule has 0 aromatic carbocycles. The van der Waals surface area contributed by atoms with Crippen LogP contribution < -0.4 is 10.2 Å². The summed E-state index contributed by atoms with van der Waals surface area (Å²) in [6.45, 7) is 5.91. The van der Waals surface area contributed by atoms with Gasteiger partial charge in [0, 0.05) is 25.6 Å². The van der Waals surface area contributed by atoms with Gasteiger partial charge in [-0.25, -0.2) is 0 Å². The molecule has 0 amide bonds. The van der Waals surface area contributed by atoms with Gasteiger partial charge in [-0.15, -0.1) is 5.10 Å². The van der Waals surface area contributed by atoms with E-state index in [9.17, 15) is 5.11 Å². The Morgan fingerprint density at radius 3 is 2.84 bits per heavy atom. The minimum Gasteiger partial charge on any atom is -0.389 e. The predicted octanol–water partition coefficient (Wildman–Crippen LogP) is -0.429. The summed E-state index contributed by atoms with van der Waals surface area (Å²) >= 11 is 0. The maximum atomic E-state index is 9.63. The fraction of sp³-hybridized carbons (Fsp3) is 0.692. The number of nitrogens with one attached hydrogen (secondary N) is 1. The Morgan fingerprint density at radius 2 is 2.21 bits per heavy atom. The zero-order valence-electron chi connectivity index (χ0n) is 11.1. The Bertz CT molecular complexity index is 419. The highest BCUT2D eigenvalue weighted by Gasteiger charge is 2.31. The lowest BCUT2D eigenvalue weighted by Gasteiger charge is -2.40. The number of anilines is 1. The van der Waals surface area contributed by atoms with Gasteiger partial charge in [0.1, 0.15) is 0 Å². The van der Waals surface area contributed by atoms with Crippen molar-refractivity contribution in [3.05, 3.63) is 17.8 Å². The number of rotatable bonds is 4. The van der Waals surface area contributed by atoms with Crippen molar-refractivity contribution >= 4 is 5.82 Å². The van der Waals surface area contributed by atoms with Crippen LogP contribution in [0, 0.1) is 12.8 Å². The third kappa shape index (κ3) is 2.86. The van der Waals surface area contributed by atoms with Crippen LogP contribution in [0.4, 0.5) is 5.82 Å². The van der Waals surface area contributed by atoms with E-state index in [0.717, 1.165) is 31.1 Å². The van der Waals surface area contributed by atoms with E-state index in [1.165, 1.54) is 0 Å². The van der Waals surface area contributed by atoms with Crippen LogP contribution >= 0.6 is 0 Å². The van der Waals surface area contributed by atoms with Gasteiger partial charge in [0.2, 0.25) is 0 Å². The SMILES string of the molecule is Cc1ccc(N2CC(CNC3COCC3O)C2)nn1. The molecule has 6 nitrogen and oxygen atoms in total. The number of hydrogen-bond acceptors (Lipinski definition) is 6. The number of aliphatic hydroxyl groups excluding tert-OH is 1. The van der Waals surface area contributed by atoms with Crippen LogP contribution in [0.25, 0.3) is 0 Å². The van der Waals surface area contributed by atoms with Crippen LogP contribution in [0.3, 0.4) is 0 Å². The first-order chi connectivity index (χ1) is 9.22. The van der Waals surface area contributed by atoms with E-state index in [-0.39, 0.29) is 12.1 Å². The molecule has 19 heavy (non-hydrogen) atoms. The number of hydrogen-bond donors (Lipinski definition) is 2. The highest BCUT2D eigenvalue weighted by Crippen LogP contribution is 2.21. The summed E-state index contributed by atoms with van der Waals surface area (Å²) in [4.78, 5) is 2.22. The lowest BCUT2D eigenvalue weighted by atomic mass is 9.99. The second-order valence-corrected chi connectivity index (χ2v) is 5.42. The second-order valence-electron chi connectivity index (χ2n) is 5.42. The summed E-state index contributed by atoms with van der Waals surface area (Å²) in [6, 6.07) is 4.09. The largest absolute Gasteiger partial charge is 0.389 e. The molecule has 2 N–H and O–H groups in total. The number of ether oxygens (including phenoxy) is 1. The molecule has 0 spiro atoms. The van der Waals surface area contributed by atoms with Crippen LogP contribution in [-0.4, -0.2) is 60.3 Å². The van der Waals surface area contributed by atoms with Crippen molar-refractivity contribution in [3.63, 3.8) is 0 Å². The molecule has 6 heteroatoms. The fourth-order valence-corrected chi connectivity index (χ4v) is 2.50. The van der Waals surface area contributed by atoms with Crippen molar-refractivity contribution in [1.29, 1.82) is 0 Å². The van der Waals surface area contributed by atoms with Crippen LogP contribution in [-0.2, 0) is 4.74 Å². The van der Waals surface area contributed by atoms with Crippen molar-refractivity contribution < 1.29 is 9.84 Å². The van der Waals surface area contributed by atoms with Crippen LogP contribution in [0.15, 0.2) is 12.1 Å². The molecule has 2 aliphatic rings. The lowest BCUT2D eigenvalue weighted by molar-refractivity contribution is 0.121. The Kier molecular flexibility index (Phi) is 3.63. The zero-order chi connectivity index (χ0) is 13.2. The van der Waals surface area contributed by atoms with E-state index in [4.69, 9.17) is 4.74 Å². The minimum atomic E-state index is -0.362. The summed E-state index contributed by atoms with van der Waals surface area (Å²) in [5.74, 6) is 1.56. The molecule has 1 aromatic rings. The molecule has 2 aliphatic heterocycles. The van der Waals surface area contributed by atoms with E-state index >= 15 is 0 Å². The molecule has 2 saturated heterocycles. The van der Waals surface area contributed by atoms with Gasteiger partial charge in [0.05, 0.1) is 31.1 Å². The summed E-state index contributed by atoms with van der Waals surface area (Å²) in [5.41, 5.74) is 0.942. The summed E-state index contributed by atoms with van der Waals surface area (Å²) in [6.07, 6.45) is -0.362. The average Bonchev–Trinajstić information content (AvgIpc) is 2.75. The number of aryl methyl sites for hydroxylation is 1. The van der Waals surface area contributed by atoms with Gasteiger partial charge in [-0.2, -0.15) is 5.10 Å².